The van der Waals surface area contributed by atoms with Crippen molar-refractivity contribution >= 4 is 21.9 Å². The van der Waals surface area contributed by atoms with Crippen molar-refractivity contribution in [1.82, 2.24) is 9.78 Å². The molecule has 0 aromatic carbocycles. The van der Waals surface area contributed by atoms with E-state index in [1.54, 1.807) is 19.3 Å². The molecule has 0 N–H and O–H groups in total. The van der Waals surface area contributed by atoms with E-state index < -0.39 is 21.9 Å². The average molecular weight is 261 g/mol. The largest absolute Gasteiger partial charge is 0.302 e. The molecule has 1 fully saturated rings. The molecule has 1 aromatic heterocycles. The number of hydrogen-bond acceptors (Lipinski definition) is 4. The van der Waals surface area contributed by atoms with Crippen LogP contribution < -0.4 is 4.90 Å². The second-order valence-corrected chi connectivity index (χ2v) is 5.50. The molecule has 94 valence electrons. The van der Waals surface area contributed by atoms with E-state index in [9.17, 15) is 17.1 Å². The third-order valence-electron chi connectivity index (χ3n) is 2.71. The minimum Gasteiger partial charge on any atom is -0.297 e. The molecule has 0 bridgehead atoms. The van der Waals surface area contributed by atoms with Crippen LogP contribution >= 0.6 is 0 Å². The van der Waals surface area contributed by atoms with Crippen LogP contribution in [0.3, 0.4) is 0 Å². The Hall–Kier alpha value is -1.44. The summed E-state index contributed by atoms with van der Waals surface area (Å²) < 4.78 is 35.1. The van der Waals surface area contributed by atoms with Crippen LogP contribution in [-0.2, 0) is 22.1 Å². The second kappa shape index (κ2) is 4.10. The minimum atomic E-state index is -4.53. The number of aryl methyl sites for hydroxylation is 1. The van der Waals surface area contributed by atoms with Crippen molar-refractivity contribution in [3.8, 4) is 0 Å². The van der Waals surface area contributed by atoms with E-state index in [2.05, 4.69) is 5.10 Å². The number of anilines is 1. The molecule has 2 heterocycles. The van der Waals surface area contributed by atoms with Crippen LogP contribution in [-0.4, -0.2) is 36.4 Å². The van der Waals surface area contributed by atoms with Crippen molar-refractivity contribution in [3.05, 3.63) is 12.3 Å². The molecule has 1 aromatic rings. The van der Waals surface area contributed by atoms with E-state index >= 15 is 0 Å². The number of carbonyl (C=O) groups excluding carboxylic acids is 1. The predicted octanol–water partition coefficient (Wildman–Crippen LogP) is 0.0723. The average Bonchev–Trinajstić information content (AvgIpc) is 2.70. The SMILES string of the molecule is Cn1nccc1N1CC(CS(=O)(=O)F)CC1=O. The topological polar surface area (TPSA) is 72.3 Å². The molecule has 1 aliphatic rings. The van der Waals surface area contributed by atoms with Crippen molar-refractivity contribution < 1.29 is 17.1 Å². The zero-order chi connectivity index (χ0) is 12.6. The highest BCUT2D eigenvalue weighted by atomic mass is 32.3. The van der Waals surface area contributed by atoms with Gasteiger partial charge in [-0.05, 0) is 0 Å². The summed E-state index contributed by atoms with van der Waals surface area (Å²) in [6.07, 6.45) is 1.59. The molecule has 1 atom stereocenters. The number of carbonyl (C=O) groups is 1. The van der Waals surface area contributed by atoms with Crippen LogP contribution in [0, 0.1) is 5.92 Å². The summed E-state index contributed by atoms with van der Waals surface area (Å²) in [6, 6.07) is 1.66. The first-order chi connectivity index (χ1) is 7.87. The van der Waals surface area contributed by atoms with Gasteiger partial charge in [0.05, 0.1) is 11.9 Å². The van der Waals surface area contributed by atoms with Gasteiger partial charge in [0.15, 0.2) is 0 Å². The van der Waals surface area contributed by atoms with Gasteiger partial charge in [-0.3, -0.25) is 14.4 Å². The fourth-order valence-corrected chi connectivity index (χ4v) is 2.81. The number of amides is 1. The molecule has 0 aliphatic carbocycles. The Balaban J connectivity index is 2.14. The summed E-state index contributed by atoms with van der Waals surface area (Å²) in [5.41, 5.74) is 0. The summed E-state index contributed by atoms with van der Waals surface area (Å²) in [5.74, 6) is -0.712. The van der Waals surface area contributed by atoms with Gasteiger partial charge in [0.1, 0.15) is 5.82 Å². The zero-order valence-corrected chi connectivity index (χ0v) is 10.0. The molecule has 17 heavy (non-hydrogen) atoms. The lowest BCUT2D eigenvalue weighted by atomic mass is 10.1. The van der Waals surface area contributed by atoms with E-state index in [0.717, 1.165) is 0 Å². The van der Waals surface area contributed by atoms with Gasteiger partial charge in [-0.25, -0.2) is 0 Å². The molecule has 0 spiro atoms. The van der Waals surface area contributed by atoms with Crippen molar-refractivity contribution in [2.75, 3.05) is 17.2 Å². The summed E-state index contributed by atoms with van der Waals surface area (Å²) in [4.78, 5) is 13.1. The van der Waals surface area contributed by atoms with Gasteiger partial charge in [0.2, 0.25) is 5.91 Å². The molecule has 1 aliphatic heterocycles. The van der Waals surface area contributed by atoms with Gasteiger partial charge in [-0.2, -0.15) is 13.5 Å². The highest BCUT2D eigenvalue weighted by Gasteiger charge is 2.34. The number of halogens is 1. The van der Waals surface area contributed by atoms with Crippen LogP contribution in [0.2, 0.25) is 0 Å². The Bertz CT molecular complexity index is 539. The first-order valence-electron chi connectivity index (χ1n) is 5.07. The fourth-order valence-electron chi connectivity index (χ4n) is 2.03. The van der Waals surface area contributed by atoms with Crippen molar-refractivity contribution in [2.24, 2.45) is 13.0 Å². The molecule has 8 heteroatoms. The molecule has 1 unspecified atom stereocenters. The van der Waals surface area contributed by atoms with E-state index in [1.165, 1.54) is 9.58 Å². The molecule has 6 nitrogen and oxygen atoms in total. The summed E-state index contributed by atoms with van der Waals surface area (Å²) in [7, 11) is -2.85. The minimum absolute atomic E-state index is 0.0499. The lowest BCUT2D eigenvalue weighted by Gasteiger charge is -2.15. The summed E-state index contributed by atoms with van der Waals surface area (Å²) >= 11 is 0. The first-order valence-corrected chi connectivity index (χ1v) is 6.63. The van der Waals surface area contributed by atoms with Gasteiger partial charge in [0, 0.05) is 32.0 Å². The molecule has 1 saturated heterocycles. The number of hydrogen-bond donors (Lipinski definition) is 0. The highest BCUT2D eigenvalue weighted by Crippen LogP contribution is 2.25. The monoisotopic (exact) mass is 261 g/mol. The molecule has 2 rings (SSSR count). The van der Waals surface area contributed by atoms with Gasteiger partial charge < -0.3 is 0 Å². The predicted molar refractivity (Wildman–Crippen MR) is 58.6 cm³/mol. The number of rotatable bonds is 3. The van der Waals surface area contributed by atoms with Crippen LogP contribution in [0.4, 0.5) is 9.70 Å². The van der Waals surface area contributed by atoms with E-state index in [1.807, 2.05) is 0 Å². The van der Waals surface area contributed by atoms with Crippen LogP contribution in [0.15, 0.2) is 12.3 Å². The van der Waals surface area contributed by atoms with Crippen LogP contribution in [0.5, 0.6) is 0 Å². The van der Waals surface area contributed by atoms with Crippen LogP contribution in [0.1, 0.15) is 6.42 Å². The molecule has 0 radical (unpaired) electrons. The standard InChI is InChI=1S/C9H12FN3O3S/c1-12-8(2-3-11-12)13-5-7(4-9(13)14)6-17(10,15)16/h2-3,7H,4-6H2,1H3. The van der Waals surface area contributed by atoms with Crippen molar-refractivity contribution in [2.45, 2.75) is 6.42 Å². The number of aromatic nitrogens is 2. The maximum absolute atomic E-state index is 12.5. The maximum atomic E-state index is 12.5. The highest BCUT2D eigenvalue weighted by molar-refractivity contribution is 7.86. The second-order valence-electron chi connectivity index (χ2n) is 4.09. The van der Waals surface area contributed by atoms with E-state index in [0.29, 0.717) is 5.82 Å². The summed E-state index contributed by atoms with van der Waals surface area (Å²) in [5, 5.41) is 3.93. The smallest absolute Gasteiger partial charge is 0.297 e. The number of nitrogens with zero attached hydrogens (tertiary/aromatic N) is 3. The lowest BCUT2D eigenvalue weighted by Crippen LogP contribution is -2.27. The van der Waals surface area contributed by atoms with Gasteiger partial charge in [-0.1, -0.05) is 0 Å². The van der Waals surface area contributed by atoms with Crippen molar-refractivity contribution in [3.63, 3.8) is 0 Å². The Morgan fingerprint density at radius 2 is 2.29 bits per heavy atom. The Labute approximate surface area is 98.2 Å². The third kappa shape index (κ3) is 2.63. The van der Waals surface area contributed by atoms with E-state index in [-0.39, 0.29) is 18.9 Å². The summed E-state index contributed by atoms with van der Waals surface area (Å²) in [6.45, 7) is 0.210. The molecule has 0 saturated carbocycles. The Morgan fingerprint density at radius 1 is 1.59 bits per heavy atom. The normalized spacial score (nSPS) is 21.2. The lowest BCUT2D eigenvalue weighted by molar-refractivity contribution is -0.117. The Kier molecular flexibility index (Phi) is 2.90. The van der Waals surface area contributed by atoms with Crippen LogP contribution in [0.25, 0.3) is 0 Å². The molecule has 1 amide bonds. The maximum Gasteiger partial charge on any atom is 0.302 e. The van der Waals surface area contributed by atoms with E-state index in [4.69, 9.17) is 0 Å². The van der Waals surface area contributed by atoms with Crippen molar-refractivity contribution in [1.29, 1.82) is 0 Å². The molecular formula is C9H12FN3O3S. The first kappa shape index (κ1) is 12.0. The molecular weight excluding hydrogens is 249 g/mol. The Morgan fingerprint density at radius 3 is 2.82 bits per heavy atom. The van der Waals surface area contributed by atoms with Gasteiger partial charge in [-0.15, -0.1) is 3.89 Å². The van der Waals surface area contributed by atoms with Gasteiger partial charge >= 0.3 is 10.2 Å². The quantitative estimate of drug-likeness (QED) is 0.722. The zero-order valence-electron chi connectivity index (χ0n) is 9.21. The fraction of sp³-hybridized carbons (Fsp3) is 0.556. The van der Waals surface area contributed by atoms with Gasteiger partial charge in [0.25, 0.3) is 0 Å². The third-order valence-corrected chi connectivity index (χ3v) is 3.58.